The van der Waals surface area contributed by atoms with Crippen LogP contribution in [0.4, 0.5) is 10.1 Å². The molecule has 1 heterocycles. The SMILES string of the molecule is COc1ccc(F)cc1CN1CCN(C(=S)Nc2cccc(C)c2)CC1. The molecule has 138 valence electrons. The van der Waals surface area contributed by atoms with E-state index < -0.39 is 0 Å². The van der Waals surface area contributed by atoms with Crippen molar-refractivity contribution in [2.24, 2.45) is 0 Å². The molecule has 0 aliphatic carbocycles. The minimum absolute atomic E-state index is 0.233. The molecule has 0 atom stereocenters. The van der Waals surface area contributed by atoms with E-state index in [1.54, 1.807) is 19.2 Å². The lowest BCUT2D eigenvalue weighted by Gasteiger charge is -2.36. The molecule has 1 aliphatic rings. The van der Waals surface area contributed by atoms with Crippen LogP contribution in [0, 0.1) is 12.7 Å². The summed E-state index contributed by atoms with van der Waals surface area (Å²) in [6, 6.07) is 12.8. The van der Waals surface area contributed by atoms with Crippen molar-refractivity contribution in [3.8, 4) is 5.75 Å². The number of rotatable bonds is 4. The highest BCUT2D eigenvalue weighted by Crippen LogP contribution is 2.22. The van der Waals surface area contributed by atoms with Crippen molar-refractivity contribution >= 4 is 23.0 Å². The second-order valence-electron chi connectivity index (χ2n) is 6.52. The van der Waals surface area contributed by atoms with E-state index in [9.17, 15) is 4.39 Å². The van der Waals surface area contributed by atoms with Crippen LogP contribution < -0.4 is 10.1 Å². The molecular formula is C20H24FN3OS. The molecule has 0 amide bonds. The number of nitrogens with one attached hydrogen (secondary N) is 1. The first kappa shape index (κ1) is 18.6. The Morgan fingerprint density at radius 1 is 1.15 bits per heavy atom. The highest BCUT2D eigenvalue weighted by atomic mass is 32.1. The van der Waals surface area contributed by atoms with Gasteiger partial charge in [-0.25, -0.2) is 4.39 Å². The van der Waals surface area contributed by atoms with Gasteiger partial charge in [0.2, 0.25) is 0 Å². The van der Waals surface area contributed by atoms with Gasteiger partial charge in [0.25, 0.3) is 0 Å². The van der Waals surface area contributed by atoms with Crippen molar-refractivity contribution in [2.45, 2.75) is 13.5 Å². The predicted molar refractivity (Wildman–Crippen MR) is 107 cm³/mol. The van der Waals surface area contributed by atoms with Gasteiger partial charge in [-0.15, -0.1) is 0 Å². The number of anilines is 1. The summed E-state index contributed by atoms with van der Waals surface area (Å²) in [4.78, 5) is 4.47. The highest BCUT2D eigenvalue weighted by molar-refractivity contribution is 7.80. The summed E-state index contributed by atoms with van der Waals surface area (Å²) in [5.41, 5.74) is 3.09. The fourth-order valence-corrected chi connectivity index (χ4v) is 3.45. The van der Waals surface area contributed by atoms with Gasteiger partial charge < -0.3 is 15.0 Å². The van der Waals surface area contributed by atoms with Gasteiger partial charge in [0.1, 0.15) is 11.6 Å². The lowest BCUT2D eigenvalue weighted by Crippen LogP contribution is -2.49. The van der Waals surface area contributed by atoms with Crippen LogP contribution in [0.5, 0.6) is 5.75 Å². The Labute approximate surface area is 159 Å². The van der Waals surface area contributed by atoms with Crippen LogP contribution in [0.1, 0.15) is 11.1 Å². The minimum Gasteiger partial charge on any atom is -0.496 e. The maximum absolute atomic E-state index is 13.5. The molecule has 0 bridgehead atoms. The quantitative estimate of drug-likeness (QED) is 0.826. The van der Waals surface area contributed by atoms with E-state index >= 15 is 0 Å². The van der Waals surface area contributed by atoms with Gasteiger partial charge in [-0.1, -0.05) is 12.1 Å². The molecule has 1 fully saturated rings. The summed E-state index contributed by atoms with van der Waals surface area (Å²) < 4.78 is 18.9. The molecule has 0 radical (unpaired) electrons. The number of benzene rings is 2. The lowest BCUT2D eigenvalue weighted by atomic mass is 10.1. The summed E-state index contributed by atoms with van der Waals surface area (Å²) >= 11 is 5.55. The smallest absolute Gasteiger partial charge is 0.173 e. The fraction of sp³-hybridized carbons (Fsp3) is 0.350. The second-order valence-corrected chi connectivity index (χ2v) is 6.91. The predicted octanol–water partition coefficient (Wildman–Crippen LogP) is 3.66. The molecule has 0 aromatic heterocycles. The molecule has 0 unspecified atom stereocenters. The van der Waals surface area contributed by atoms with Crippen LogP contribution in [0.2, 0.25) is 0 Å². The van der Waals surface area contributed by atoms with Crippen LogP contribution in [-0.2, 0) is 6.54 Å². The Balaban J connectivity index is 1.54. The number of methoxy groups -OCH3 is 1. The number of aryl methyl sites for hydroxylation is 1. The van der Waals surface area contributed by atoms with Crippen LogP contribution >= 0.6 is 12.2 Å². The topological polar surface area (TPSA) is 27.7 Å². The zero-order valence-electron chi connectivity index (χ0n) is 15.2. The fourth-order valence-electron chi connectivity index (χ4n) is 3.15. The van der Waals surface area contributed by atoms with Gasteiger partial charge in [-0.2, -0.15) is 0 Å². The monoisotopic (exact) mass is 373 g/mol. The molecule has 1 N–H and O–H groups in total. The van der Waals surface area contributed by atoms with E-state index in [1.165, 1.54) is 11.6 Å². The van der Waals surface area contributed by atoms with E-state index in [2.05, 4.69) is 34.2 Å². The van der Waals surface area contributed by atoms with Gasteiger partial charge in [0, 0.05) is 44.0 Å². The summed E-state index contributed by atoms with van der Waals surface area (Å²) in [5, 5.41) is 4.06. The highest BCUT2D eigenvalue weighted by Gasteiger charge is 2.20. The maximum Gasteiger partial charge on any atom is 0.173 e. The van der Waals surface area contributed by atoms with Crippen LogP contribution in [-0.4, -0.2) is 48.2 Å². The van der Waals surface area contributed by atoms with Gasteiger partial charge in [-0.3, -0.25) is 4.90 Å². The number of piperazine rings is 1. The molecule has 26 heavy (non-hydrogen) atoms. The van der Waals surface area contributed by atoms with Crippen molar-refractivity contribution in [1.29, 1.82) is 0 Å². The number of thiocarbonyl (C=S) groups is 1. The Morgan fingerprint density at radius 3 is 2.62 bits per heavy atom. The molecule has 6 heteroatoms. The van der Waals surface area contributed by atoms with Crippen LogP contribution in [0.3, 0.4) is 0 Å². The van der Waals surface area contributed by atoms with Gasteiger partial charge in [0.15, 0.2) is 5.11 Å². The molecule has 4 nitrogen and oxygen atoms in total. The maximum atomic E-state index is 13.5. The second kappa shape index (κ2) is 8.47. The van der Waals surface area contributed by atoms with Gasteiger partial charge >= 0.3 is 0 Å². The average molecular weight is 373 g/mol. The third-order valence-corrected chi connectivity index (χ3v) is 4.93. The average Bonchev–Trinajstić information content (AvgIpc) is 2.62. The third-order valence-electron chi connectivity index (χ3n) is 4.57. The Kier molecular flexibility index (Phi) is 6.06. The van der Waals surface area contributed by atoms with E-state index in [-0.39, 0.29) is 5.82 Å². The van der Waals surface area contributed by atoms with E-state index in [1.807, 2.05) is 12.1 Å². The van der Waals surface area contributed by atoms with Crippen molar-refractivity contribution in [3.63, 3.8) is 0 Å². The standard InChI is InChI=1S/C20H24FN3OS/c1-15-4-3-5-18(12-15)22-20(26)24-10-8-23(9-11-24)14-16-13-17(21)6-7-19(16)25-2/h3-7,12-13H,8-11,14H2,1-2H3,(H,22,26). The van der Waals surface area contributed by atoms with Crippen LogP contribution in [0.25, 0.3) is 0 Å². The zero-order valence-corrected chi connectivity index (χ0v) is 16.0. The van der Waals surface area contributed by atoms with E-state index in [0.717, 1.165) is 48.3 Å². The zero-order chi connectivity index (χ0) is 18.5. The Bertz CT molecular complexity index is 775. The van der Waals surface area contributed by atoms with E-state index in [0.29, 0.717) is 6.54 Å². The third kappa shape index (κ3) is 4.71. The van der Waals surface area contributed by atoms with Crippen molar-refractivity contribution in [2.75, 3.05) is 38.6 Å². The molecule has 1 aliphatic heterocycles. The Hall–Kier alpha value is -2.18. The number of hydrogen-bond donors (Lipinski definition) is 1. The van der Waals surface area contributed by atoms with Crippen molar-refractivity contribution in [3.05, 3.63) is 59.4 Å². The summed E-state index contributed by atoms with van der Waals surface area (Å²) in [6.45, 7) is 6.16. The van der Waals surface area contributed by atoms with Gasteiger partial charge in [-0.05, 0) is 55.0 Å². The molecule has 2 aromatic rings. The number of hydrogen-bond acceptors (Lipinski definition) is 3. The van der Waals surface area contributed by atoms with E-state index in [4.69, 9.17) is 17.0 Å². The largest absolute Gasteiger partial charge is 0.496 e. The molecule has 0 saturated carbocycles. The normalized spacial score (nSPS) is 15.0. The molecule has 2 aromatic carbocycles. The number of halogens is 1. The van der Waals surface area contributed by atoms with Crippen LogP contribution in [0.15, 0.2) is 42.5 Å². The van der Waals surface area contributed by atoms with Crippen molar-refractivity contribution in [1.82, 2.24) is 9.80 Å². The number of nitrogens with zero attached hydrogens (tertiary/aromatic N) is 2. The van der Waals surface area contributed by atoms with Crippen molar-refractivity contribution < 1.29 is 9.13 Å². The molecule has 3 rings (SSSR count). The number of ether oxygens (including phenoxy) is 1. The van der Waals surface area contributed by atoms with Gasteiger partial charge in [0.05, 0.1) is 7.11 Å². The first-order valence-electron chi connectivity index (χ1n) is 8.72. The summed E-state index contributed by atoms with van der Waals surface area (Å²) in [6.07, 6.45) is 0. The minimum atomic E-state index is -0.233. The molecule has 1 saturated heterocycles. The lowest BCUT2D eigenvalue weighted by molar-refractivity contribution is 0.175. The Morgan fingerprint density at radius 2 is 1.92 bits per heavy atom. The summed E-state index contributed by atoms with van der Waals surface area (Å²) in [7, 11) is 1.62. The molecular weight excluding hydrogens is 349 g/mol. The summed E-state index contributed by atoms with van der Waals surface area (Å²) in [5.74, 6) is 0.494. The first-order chi connectivity index (χ1) is 12.5. The molecule has 0 spiro atoms. The first-order valence-corrected chi connectivity index (χ1v) is 9.13.